The van der Waals surface area contributed by atoms with Crippen LogP contribution in [0.2, 0.25) is 0 Å². The minimum atomic E-state index is -5.98. The molecule has 0 aromatic rings. The average molecular weight is 493 g/mol. The lowest BCUT2D eigenvalue weighted by molar-refractivity contribution is -0.123. The van der Waals surface area contributed by atoms with Gasteiger partial charge in [-0.25, -0.2) is 0 Å². The lowest BCUT2D eigenvalue weighted by atomic mass is 9.66. The molecule has 0 radical (unpaired) electrons. The Morgan fingerprint density at radius 3 is 2.70 bits per heavy atom. The summed E-state index contributed by atoms with van der Waals surface area (Å²) in [6.07, 6.45) is 7.06. The number of Topliss-reactive ketones (excluding diaryl/α,β-unsaturated/α-hetero) is 1. The van der Waals surface area contributed by atoms with E-state index in [1.165, 1.54) is 13.2 Å². The van der Waals surface area contributed by atoms with Crippen molar-refractivity contribution in [1.29, 1.82) is 0 Å². The van der Waals surface area contributed by atoms with E-state index in [4.69, 9.17) is 9.47 Å². The Balaban J connectivity index is 1.94. The maximum Gasteiger partial charge on any atom is 0.534 e. The van der Waals surface area contributed by atoms with Crippen LogP contribution in [-0.2, 0) is 33.4 Å². The van der Waals surface area contributed by atoms with Crippen LogP contribution in [-0.4, -0.2) is 46.0 Å². The van der Waals surface area contributed by atoms with Crippen molar-refractivity contribution < 1.29 is 44.8 Å². The highest BCUT2D eigenvalue weighted by atomic mass is 32.2. The van der Waals surface area contributed by atoms with Gasteiger partial charge in [-0.15, -0.1) is 0 Å². The minimum Gasteiger partial charge on any atom is -0.380 e. The number of ketones is 2. The molecular formula is C22H27F3O7S. The fourth-order valence-corrected chi connectivity index (χ4v) is 5.27. The van der Waals surface area contributed by atoms with E-state index in [1.54, 1.807) is 13.0 Å². The van der Waals surface area contributed by atoms with Gasteiger partial charge in [0.25, 0.3) is 0 Å². The highest BCUT2D eigenvalue weighted by Gasteiger charge is 2.53. The van der Waals surface area contributed by atoms with Gasteiger partial charge in [0, 0.05) is 30.9 Å². The Morgan fingerprint density at radius 1 is 1.30 bits per heavy atom. The maximum atomic E-state index is 13.4. The van der Waals surface area contributed by atoms with Crippen molar-refractivity contribution >= 4 is 21.7 Å². The molecule has 3 aliphatic carbocycles. The fourth-order valence-electron chi connectivity index (χ4n) is 4.74. The zero-order chi connectivity index (χ0) is 24.4. The molecular weight excluding hydrogens is 465 g/mol. The third kappa shape index (κ3) is 5.41. The molecule has 184 valence electrons. The molecule has 7 nitrogen and oxygen atoms in total. The number of hydrogen-bond acceptors (Lipinski definition) is 7. The summed E-state index contributed by atoms with van der Waals surface area (Å²) in [5.41, 5.74) is -5.84. The van der Waals surface area contributed by atoms with Gasteiger partial charge in [0.05, 0.1) is 12.5 Å². The van der Waals surface area contributed by atoms with Gasteiger partial charge in [-0.1, -0.05) is 19.1 Å². The molecule has 0 unspecified atom stereocenters. The first-order chi connectivity index (χ1) is 15.4. The lowest BCUT2D eigenvalue weighted by Crippen LogP contribution is -2.37. The third-order valence-electron chi connectivity index (χ3n) is 6.44. The van der Waals surface area contributed by atoms with Crippen LogP contribution >= 0.6 is 0 Å². The van der Waals surface area contributed by atoms with Crippen molar-refractivity contribution in [2.24, 2.45) is 17.3 Å². The molecule has 0 spiro atoms. The van der Waals surface area contributed by atoms with E-state index in [9.17, 15) is 31.2 Å². The van der Waals surface area contributed by atoms with Crippen LogP contribution in [0.5, 0.6) is 0 Å². The Labute approximate surface area is 190 Å². The Bertz CT molecular complexity index is 994. The van der Waals surface area contributed by atoms with Gasteiger partial charge in [0.1, 0.15) is 12.6 Å². The molecule has 0 saturated carbocycles. The summed E-state index contributed by atoms with van der Waals surface area (Å²) < 4.78 is 77.0. The van der Waals surface area contributed by atoms with E-state index in [2.05, 4.69) is 4.18 Å². The van der Waals surface area contributed by atoms with Crippen LogP contribution in [0.15, 0.2) is 35.1 Å². The topological polar surface area (TPSA) is 96.0 Å². The highest BCUT2D eigenvalue weighted by molar-refractivity contribution is 7.87. The zero-order valence-corrected chi connectivity index (χ0v) is 19.3. The summed E-state index contributed by atoms with van der Waals surface area (Å²) >= 11 is 0. The van der Waals surface area contributed by atoms with E-state index in [-0.39, 0.29) is 44.2 Å². The van der Waals surface area contributed by atoms with Gasteiger partial charge in [-0.2, -0.15) is 21.6 Å². The molecule has 0 fully saturated rings. The Kier molecular flexibility index (Phi) is 7.55. The number of halogens is 3. The van der Waals surface area contributed by atoms with Crippen LogP contribution in [0.1, 0.15) is 45.4 Å². The normalized spacial score (nSPS) is 28.0. The van der Waals surface area contributed by atoms with Gasteiger partial charge in [-0.05, 0) is 43.3 Å². The number of fused-ring (bicyclic) bond motifs is 1. The molecule has 11 heteroatoms. The second kappa shape index (κ2) is 9.71. The van der Waals surface area contributed by atoms with Gasteiger partial charge >= 0.3 is 15.6 Å². The molecule has 33 heavy (non-hydrogen) atoms. The molecule has 3 rings (SSSR count). The molecule has 0 aromatic carbocycles. The summed E-state index contributed by atoms with van der Waals surface area (Å²) in [5.74, 6) is -2.94. The number of carbonyl (C=O) groups is 2. The molecule has 0 saturated heterocycles. The molecule has 0 aromatic heterocycles. The predicted octanol–water partition coefficient (Wildman–Crippen LogP) is 3.97. The minimum absolute atomic E-state index is 0.0665. The van der Waals surface area contributed by atoms with Crippen LogP contribution < -0.4 is 0 Å². The number of hydrogen-bond donors (Lipinski definition) is 0. The van der Waals surface area contributed by atoms with Crippen molar-refractivity contribution in [3.05, 3.63) is 35.1 Å². The molecule has 3 aliphatic rings. The standard InChI is InChI=1S/C22H27F3O7S/c1-21-9-7-16(26)20(21)19(18(8-10-21)32-33(28,29)22(23,24)25)17(27)11-14-5-3-4-6-15(14)12-31-13-30-2/h6-7,9,14,20H,3-5,8,10-13H2,1-2H3/t14-,20+,21-/m0/s1. The smallest absolute Gasteiger partial charge is 0.380 e. The van der Waals surface area contributed by atoms with Crippen molar-refractivity contribution in [2.45, 2.75) is 51.0 Å². The van der Waals surface area contributed by atoms with E-state index in [0.29, 0.717) is 6.42 Å². The molecule has 0 heterocycles. The zero-order valence-electron chi connectivity index (χ0n) is 18.4. The van der Waals surface area contributed by atoms with Gasteiger partial charge < -0.3 is 13.7 Å². The Hall–Kier alpha value is -1.98. The average Bonchev–Trinajstić information content (AvgIpc) is 3.03. The van der Waals surface area contributed by atoms with Crippen molar-refractivity contribution in [2.75, 3.05) is 20.5 Å². The number of alkyl halides is 3. The molecule has 3 atom stereocenters. The van der Waals surface area contributed by atoms with E-state index in [0.717, 1.165) is 18.4 Å². The monoisotopic (exact) mass is 492 g/mol. The number of ether oxygens (including phenoxy) is 2. The molecule has 0 N–H and O–H groups in total. The fraction of sp³-hybridized carbons (Fsp3) is 0.636. The first-order valence-corrected chi connectivity index (χ1v) is 12.1. The van der Waals surface area contributed by atoms with E-state index >= 15 is 0 Å². The number of carbonyl (C=O) groups excluding carboxylic acids is 2. The first-order valence-electron chi connectivity index (χ1n) is 10.7. The van der Waals surface area contributed by atoms with Gasteiger partial charge in [0.2, 0.25) is 0 Å². The van der Waals surface area contributed by atoms with Crippen molar-refractivity contribution in [1.82, 2.24) is 0 Å². The number of methoxy groups -OCH3 is 1. The van der Waals surface area contributed by atoms with Crippen LogP contribution in [0.3, 0.4) is 0 Å². The molecule has 0 bridgehead atoms. The third-order valence-corrected chi connectivity index (χ3v) is 7.42. The predicted molar refractivity (Wildman–Crippen MR) is 111 cm³/mol. The van der Waals surface area contributed by atoms with Gasteiger partial charge in [-0.3, -0.25) is 9.59 Å². The molecule has 0 amide bonds. The quantitative estimate of drug-likeness (QED) is 0.158. The summed E-state index contributed by atoms with van der Waals surface area (Å²) in [4.78, 5) is 26.1. The number of rotatable bonds is 9. The second-order valence-corrected chi connectivity index (χ2v) is 10.3. The largest absolute Gasteiger partial charge is 0.534 e. The summed E-state index contributed by atoms with van der Waals surface area (Å²) in [6.45, 7) is 2.03. The Morgan fingerprint density at radius 2 is 2.03 bits per heavy atom. The van der Waals surface area contributed by atoms with Crippen LogP contribution in [0.25, 0.3) is 0 Å². The van der Waals surface area contributed by atoms with Crippen molar-refractivity contribution in [3.8, 4) is 0 Å². The van der Waals surface area contributed by atoms with E-state index < -0.39 is 44.3 Å². The SMILES string of the molecule is COCOCC1=CCCC[C@H]1CC(=O)C1=C(OS(=O)(=O)C(F)(F)F)CC[C@]2(C)C=CC(=O)[C@H]12. The maximum absolute atomic E-state index is 13.4. The summed E-state index contributed by atoms with van der Waals surface area (Å²) in [7, 11) is -4.50. The second-order valence-electron chi connectivity index (χ2n) is 8.78. The van der Waals surface area contributed by atoms with E-state index in [1.807, 2.05) is 6.08 Å². The van der Waals surface area contributed by atoms with Crippen LogP contribution in [0.4, 0.5) is 13.2 Å². The van der Waals surface area contributed by atoms with Crippen LogP contribution in [0, 0.1) is 17.3 Å². The lowest BCUT2D eigenvalue weighted by Gasteiger charge is -2.37. The summed E-state index contributed by atoms with van der Waals surface area (Å²) in [6, 6.07) is 0. The number of allylic oxidation sites excluding steroid dienone is 5. The van der Waals surface area contributed by atoms with Crippen molar-refractivity contribution in [3.63, 3.8) is 0 Å². The molecule has 0 aliphatic heterocycles. The summed E-state index contributed by atoms with van der Waals surface area (Å²) in [5, 5.41) is 0. The highest BCUT2D eigenvalue weighted by Crippen LogP contribution is 2.51. The van der Waals surface area contributed by atoms with Gasteiger partial charge in [0.15, 0.2) is 11.6 Å². The first kappa shape index (κ1) is 25.6.